The molecule has 0 saturated carbocycles. The summed E-state index contributed by atoms with van der Waals surface area (Å²) >= 11 is 5.40. The second-order valence-corrected chi connectivity index (χ2v) is 7.85. The molecule has 10 heteroatoms. The van der Waals surface area contributed by atoms with Crippen LogP contribution >= 0.6 is 12.2 Å². The van der Waals surface area contributed by atoms with E-state index >= 15 is 0 Å². The molecule has 9 nitrogen and oxygen atoms in total. The highest BCUT2D eigenvalue weighted by atomic mass is 32.1. The van der Waals surface area contributed by atoms with Gasteiger partial charge < -0.3 is 24.4 Å². The third-order valence-corrected chi connectivity index (χ3v) is 5.32. The standard InChI is InChI=1S/C23H33N3O6S/c1-3-5-6-12-32-20(27)16-19-22(29)24-10-11-26(19)23(33)25-21(28)17-8-7-9-18(15-17)31-14-13-30-4-2/h7-9,15,19H,3-6,10-14,16H2,1-2H3,(H,24,29)(H,25,28,33). The predicted octanol–water partition coefficient (Wildman–Crippen LogP) is 2.04. The number of rotatable bonds is 12. The Balaban J connectivity index is 1.95. The number of thiocarbonyl (C=S) groups is 1. The van der Waals surface area contributed by atoms with Crippen LogP contribution in [0.4, 0.5) is 0 Å². The van der Waals surface area contributed by atoms with Crippen LogP contribution in [0.25, 0.3) is 0 Å². The van der Waals surface area contributed by atoms with E-state index in [2.05, 4.69) is 17.6 Å². The number of piperazine rings is 1. The highest BCUT2D eigenvalue weighted by Crippen LogP contribution is 2.15. The lowest BCUT2D eigenvalue weighted by molar-refractivity contribution is -0.147. The molecule has 1 unspecified atom stereocenters. The molecular formula is C23H33N3O6S. The lowest BCUT2D eigenvalue weighted by Gasteiger charge is -2.36. The van der Waals surface area contributed by atoms with Crippen LogP contribution < -0.4 is 15.4 Å². The fraction of sp³-hybridized carbons (Fsp3) is 0.565. The fourth-order valence-electron chi connectivity index (χ4n) is 3.25. The third kappa shape index (κ3) is 8.97. The van der Waals surface area contributed by atoms with Crippen molar-refractivity contribution in [3.05, 3.63) is 29.8 Å². The van der Waals surface area contributed by atoms with Gasteiger partial charge in [0.05, 0.1) is 19.6 Å². The molecule has 0 aromatic heterocycles. The van der Waals surface area contributed by atoms with Gasteiger partial charge in [-0.05, 0) is 43.8 Å². The van der Waals surface area contributed by atoms with E-state index in [9.17, 15) is 14.4 Å². The number of carbonyl (C=O) groups excluding carboxylic acids is 3. The SMILES string of the molecule is CCCCCOC(=O)CC1C(=O)NCCN1C(=S)NC(=O)c1cccc(OCCOCC)c1. The molecule has 1 heterocycles. The first kappa shape index (κ1) is 26.5. The Labute approximate surface area is 200 Å². The van der Waals surface area contributed by atoms with E-state index in [0.29, 0.717) is 50.8 Å². The molecule has 1 saturated heterocycles. The number of hydrogen-bond donors (Lipinski definition) is 2. The van der Waals surface area contributed by atoms with E-state index in [1.54, 1.807) is 29.2 Å². The van der Waals surface area contributed by atoms with Crippen molar-refractivity contribution in [2.45, 2.75) is 45.6 Å². The summed E-state index contributed by atoms with van der Waals surface area (Å²) in [5.41, 5.74) is 0.361. The highest BCUT2D eigenvalue weighted by molar-refractivity contribution is 7.80. The van der Waals surface area contributed by atoms with Gasteiger partial charge in [0.15, 0.2) is 5.11 Å². The van der Waals surface area contributed by atoms with Crippen molar-refractivity contribution in [2.24, 2.45) is 0 Å². The largest absolute Gasteiger partial charge is 0.491 e. The number of nitrogens with zero attached hydrogens (tertiary/aromatic N) is 1. The fourth-order valence-corrected chi connectivity index (χ4v) is 3.56. The van der Waals surface area contributed by atoms with Gasteiger partial charge in [-0.3, -0.25) is 19.7 Å². The van der Waals surface area contributed by atoms with E-state index in [1.807, 2.05) is 6.92 Å². The quantitative estimate of drug-likeness (QED) is 0.267. The first-order chi connectivity index (χ1) is 16.0. The third-order valence-electron chi connectivity index (χ3n) is 4.98. The van der Waals surface area contributed by atoms with E-state index in [-0.39, 0.29) is 17.4 Å². The molecule has 1 aliphatic rings. The topological polar surface area (TPSA) is 106 Å². The summed E-state index contributed by atoms with van der Waals surface area (Å²) in [4.78, 5) is 38.9. The number of benzene rings is 1. The normalized spacial score (nSPS) is 15.5. The zero-order valence-corrected chi connectivity index (χ0v) is 20.1. The maximum absolute atomic E-state index is 12.7. The Morgan fingerprint density at radius 3 is 2.79 bits per heavy atom. The molecule has 1 aromatic rings. The van der Waals surface area contributed by atoms with Crippen molar-refractivity contribution in [1.29, 1.82) is 0 Å². The molecule has 2 amide bonds. The van der Waals surface area contributed by atoms with E-state index in [0.717, 1.165) is 19.3 Å². The van der Waals surface area contributed by atoms with Gasteiger partial charge in [0.25, 0.3) is 5.91 Å². The second-order valence-electron chi connectivity index (χ2n) is 7.46. The Morgan fingerprint density at radius 2 is 2.03 bits per heavy atom. The summed E-state index contributed by atoms with van der Waals surface area (Å²) in [7, 11) is 0. The van der Waals surface area contributed by atoms with Crippen molar-refractivity contribution in [2.75, 3.05) is 39.5 Å². The van der Waals surface area contributed by atoms with Gasteiger partial charge in [-0.15, -0.1) is 0 Å². The van der Waals surface area contributed by atoms with Gasteiger partial charge in [-0.2, -0.15) is 0 Å². The Kier molecular flexibility index (Phi) is 11.6. The first-order valence-electron chi connectivity index (χ1n) is 11.3. The van der Waals surface area contributed by atoms with Gasteiger partial charge in [0, 0.05) is 25.3 Å². The molecular weight excluding hydrogens is 446 g/mol. The Bertz CT molecular complexity index is 819. The summed E-state index contributed by atoms with van der Waals surface area (Å²) in [6.45, 7) is 6.46. The average Bonchev–Trinajstić information content (AvgIpc) is 2.81. The first-order valence-corrected chi connectivity index (χ1v) is 11.7. The summed E-state index contributed by atoms with van der Waals surface area (Å²) in [6, 6.07) is 5.87. The number of ether oxygens (including phenoxy) is 3. The van der Waals surface area contributed by atoms with Gasteiger partial charge in [0.1, 0.15) is 18.4 Å². The maximum Gasteiger partial charge on any atom is 0.308 e. The van der Waals surface area contributed by atoms with Crippen LogP contribution in [0.2, 0.25) is 0 Å². The molecule has 0 radical (unpaired) electrons. The molecule has 1 fully saturated rings. The molecule has 1 aliphatic heterocycles. The van der Waals surface area contributed by atoms with Crippen LogP contribution in [0.3, 0.4) is 0 Å². The van der Waals surface area contributed by atoms with E-state index < -0.39 is 17.9 Å². The number of amides is 2. The summed E-state index contributed by atoms with van der Waals surface area (Å²) in [5, 5.41) is 5.48. The molecule has 33 heavy (non-hydrogen) atoms. The molecule has 2 rings (SSSR count). The van der Waals surface area contributed by atoms with Crippen LogP contribution in [-0.2, 0) is 19.1 Å². The Morgan fingerprint density at radius 1 is 1.21 bits per heavy atom. The van der Waals surface area contributed by atoms with Crippen molar-refractivity contribution in [1.82, 2.24) is 15.5 Å². The van der Waals surface area contributed by atoms with Gasteiger partial charge >= 0.3 is 5.97 Å². The smallest absolute Gasteiger partial charge is 0.308 e. The zero-order valence-electron chi connectivity index (χ0n) is 19.3. The monoisotopic (exact) mass is 479 g/mol. The summed E-state index contributed by atoms with van der Waals surface area (Å²) < 4.78 is 16.1. The summed E-state index contributed by atoms with van der Waals surface area (Å²) in [6.07, 6.45) is 2.63. The van der Waals surface area contributed by atoms with Crippen LogP contribution in [0.5, 0.6) is 5.75 Å². The minimum absolute atomic E-state index is 0.0845. The van der Waals surface area contributed by atoms with Crippen molar-refractivity contribution in [3.8, 4) is 5.75 Å². The van der Waals surface area contributed by atoms with Gasteiger partial charge in [-0.25, -0.2) is 0 Å². The number of nitrogens with one attached hydrogen (secondary N) is 2. The van der Waals surface area contributed by atoms with Gasteiger partial charge in [0.2, 0.25) is 5.91 Å². The van der Waals surface area contributed by atoms with Crippen LogP contribution in [0.1, 0.15) is 49.9 Å². The van der Waals surface area contributed by atoms with Crippen LogP contribution in [0, 0.1) is 0 Å². The number of unbranched alkanes of at least 4 members (excludes halogenated alkanes) is 2. The van der Waals surface area contributed by atoms with Crippen molar-refractivity contribution < 1.29 is 28.6 Å². The van der Waals surface area contributed by atoms with Crippen LogP contribution in [-0.4, -0.2) is 73.4 Å². The van der Waals surface area contributed by atoms with Gasteiger partial charge in [-0.1, -0.05) is 25.8 Å². The lowest BCUT2D eigenvalue weighted by Crippen LogP contribution is -2.60. The van der Waals surface area contributed by atoms with E-state index in [1.165, 1.54) is 0 Å². The molecule has 0 bridgehead atoms. The number of esters is 1. The second kappa shape index (κ2) is 14.4. The maximum atomic E-state index is 12.7. The molecule has 0 spiro atoms. The van der Waals surface area contributed by atoms with Crippen molar-refractivity contribution in [3.63, 3.8) is 0 Å². The van der Waals surface area contributed by atoms with E-state index in [4.69, 9.17) is 26.4 Å². The average molecular weight is 480 g/mol. The molecule has 1 atom stereocenters. The number of carbonyl (C=O) groups is 3. The zero-order chi connectivity index (χ0) is 24.1. The molecule has 182 valence electrons. The highest BCUT2D eigenvalue weighted by Gasteiger charge is 2.34. The lowest BCUT2D eigenvalue weighted by atomic mass is 10.1. The molecule has 2 N–H and O–H groups in total. The predicted molar refractivity (Wildman–Crippen MR) is 127 cm³/mol. The Hall–Kier alpha value is -2.72. The minimum Gasteiger partial charge on any atom is -0.491 e. The van der Waals surface area contributed by atoms with Crippen LogP contribution in [0.15, 0.2) is 24.3 Å². The molecule has 0 aliphatic carbocycles. The van der Waals surface area contributed by atoms with Crippen molar-refractivity contribution >= 4 is 35.1 Å². The minimum atomic E-state index is -0.835. The molecule has 1 aromatic carbocycles. The number of hydrogen-bond acceptors (Lipinski definition) is 7. The summed E-state index contributed by atoms with van der Waals surface area (Å²) in [5.74, 6) is -0.686.